The first-order valence-corrected chi connectivity index (χ1v) is 8.88. The van der Waals surface area contributed by atoms with Crippen LogP contribution in [0.2, 0.25) is 0 Å². The van der Waals surface area contributed by atoms with Crippen LogP contribution in [0.5, 0.6) is 11.5 Å². The van der Waals surface area contributed by atoms with Crippen molar-refractivity contribution in [3.8, 4) is 22.8 Å². The van der Waals surface area contributed by atoms with Crippen LogP contribution in [0.3, 0.4) is 0 Å². The van der Waals surface area contributed by atoms with Crippen LogP contribution in [0, 0.1) is 13.8 Å². The molecule has 2 aromatic carbocycles. The van der Waals surface area contributed by atoms with Crippen molar-refractivity contribution in [1.82, 2.24) is 10.4 Å². The standard InChI is InChI=1S/C22H19N3O3/c1-14-3-6-17(7-4-14)19-9-8-18(15(2)24-19)22(26)25-23-12-16-5-10-20-21(11-16)28-13-27-20/h3-12H,13H2,1-2H3,(H,25,26). The number of fused-ring (bicyclic) bond motifs is 1. The van der Waals surface area contributed by atoms with Gasteiger partial charge in [-0.3, -0.25) is 9.78 Å². The minimum atomic E-state index is -0.308. The van der Waals surface area contributed by atoms with Crippen LogP contribution in [0.1, 0.15) is 27.2 Å². The van der Waals surface area contributed by atoms with Gasteiger partial charge >= 0.3 is 0 Å². The van der Waals surface area contributed by atoms with Gasteiger partial charge in [-0.25, -0.2) is 5.43 Å². The van der Waals surface area contributed by atoms with Crippen molar-refractivity contribution in [2.75, 3.05) is 6.79 Å². The van der Waals surface area contributed by atoms with Gasteiger partial charge in [0.1, 0.15) is 0 Å². The Balaban J connectivity index is 1.45. The summed E-state index contributed by atoms with van der Waals surface area (Å²) in [7, 11) is 0. The molecule has 0 radical (unpaired) electrons. The highest BCUT2D eigenvalue weighted by atomic mass is 16.7. The maximum Gasteiger partial charge on any atom is 0.273 e. The SMILES string of the molecule is Cc1ccc(-c2ccc(C(=O)NN=Cc3ccc4c(c3)OCO4)c(C)n2)cc1. The number of hydrazone groups is 1. The number of pyridine rings is 1. The quantitative estimate of drug-likeness (QED) is 0.557. The minimum absolute atomic E-state index is 0.220. The lowest BCUT2D eigenvalue weighted by molar-refractivity contribution is 0.0954. The van der Waals surface area contributed by atoms with Gasteiger partial charge in [0.25, 0.3) is 5.91 Å². The van der Waals surface area contributed by atoms with Gasteiger partial charge in [0.2, 0.25) is 6.79 Å². The van der Waals surface area contributed by atoms with Crippen molar-refractivity contribution in [2.45, 2.75) is 13.8 Å². The molecule has 6 heteroatoms. The third-order valence-electron chi connectivity index (χ3n) is 4.45. The Morgan fingerprint density at radius 1 is 1.04 bits per heavy atom. The van der Waals surface area contributed by atoms with E-state index < -0.39 is 0 Å². The maximum atomic E-state index is 12.4. The van der Waals surface area contributed by atoms with E-state index in [2.05, 4.69) is 15.5 Å². The molecule has 1 aliphatic rings. The predicted molar refractivity (Wildman–Crippen MR) is 107 cm³/mol. The first-order valence-electron chi connectivity index (χ1n) is 8.88. The average molecular weight is 373 g/mol. The summed E-state index contributed by atoms with van der Waals surface area (Å²) in [6.45, 7) is 4.08. The molecular weight excluding hydrogens is 354 g/mol. The zero-order chi connectivity index (χ0) is 19.5. The fraction of sp³-hybridized carbons (Fsp3) is 0.136. The number of carbonyl (C=O) groups excluding carboxylic acids is 1. The number of nitrogens with zero attached hydrogens (tertiary/aromatic N) is 2. The number of benzene rings is 2. The van der Waals surface area contributed by atoms with Gasteiger partial charge < -0.3 is 9.47 Å². The number of hydrogen-bond donors (Lipinski definition) is 1. The molecule has 6 nitrogen and oxygen atoms in total. The third kappa shape index (κ3) is 3.71. The molecule has 1 aliphatic heterocycles. The van der Waals surface area contributed by atoms with E-state index in [9.17, 15) is 4.79 Å². The summed E-state index contributed by atoms with van der Waals surface area (Å²) in [4.78, 5) is 17.0. The maximum absolute atomic E-state index is 12.4. The molecular formula is C22H19N3O3. The summed E-state index contributed by atoms with van der Waals surface area (Å²) in [6, 6.07) is 17.2. The first-order chi connectivity index (χ1) is 13.6. The first kappa shape index (κ1) is 17.7. The number of aryl methyl sites for hydroxylation is 2. The highest BCUT2D eigenvalue weighted by Gasteiger charge is 2.13. The summed E-state index contributed by atoms with van der Waals surface area (Å²) in [5.74, 6) is 1.07. The minimum Gasteiger partial charge on any atom is -0.454 e. The molecule has 0 saturated heterocycles. The number of amides is 1. The van der Waals surface area contributed by atoms with Gasteiger partial charge in [-0.1, -0.05) is 29.8 Å². The second-order valence-electron chi connectivity index (χ2n) is 6.51. The third-order valence-corrected chi connectivity index (χ3v) is 4.45. The van der Waals surface area contributed by atoms with E-state index in [4.69, 9.17) is 9.47 Å². The van der Waals surface area contributed by atoms with Gasteiger partial charge in [-0.05, 0) is 49.7 Å². The van der Waals surface area contributed by atoms with Gasteiger partial charge in [0, 0.05) is 5.56 Å². The number of carbonyl (C=O) groups is 1. The van der Waals surface area contributed by atoms with Crippen LogP contribution in [0.25, 0.3) is 11.3 Å². The highest BCUT2D eigenvalue weighted by Crippen LogP contribution is 2.31. The Morgan fingerprint density at radius 2 is 1.82 bits per heavy atom. The lowest BCUT2D eigenvalue weighted by atomic mass is 10.1. The summed E-state index contributed by atoms with van der Waals surface area (Å²) >= 11 is 0. The number of nitrogens with one attached hydrogen (secondary N) is 1. The zero-order valence-electron chi connectivity index (χ0n) is 15.6. The average Bonchev–Trinajstić information content (AvgIpc) is 3.16. The Bertz CT molecular complexity index is 1060. The second kappa shape index (κ2) is 7.52. The van der Waals surface area contributed by atoms with Gasteiger partial charge in [0.15, 0.2) is 11.5 Å². The lowest BCUT2D eigenvalue weighted by Crippen LogP contribution is -2.19. The van der Waals surface area contributed by atoms with Gasteiger partial charge in [-0.2, -0.15) is 5.10 Å². The molecule has 1 aromatic heterocycles. The van der Waals surface area contributed by atoms with Crippen LogP contribution >= 0.6 is 0 Å². The van der Waals surface area contributed by atoms with Crippen molar-refractivity contribution >= 4 is 12.1 Å². The molecule has 1 N–H and O–H groups in total. The van der Waals surface area contributed by atoms with E-state index in [1.54, 1.807) is 18.3 Å². The highest BCUT2D eigenvalue weighted by molar-refractivity contribution is 5.96. The molecule has 140 valence electrons. The number of ether oxygens (including phenoxy) is 2. The second-order valence-corrected chi connectivity index (χ2v) is 6.51. The molecule has 0 unspecified atom stereocenters. The summed E-state index contributed by atoms with van der Waals surface area (Å²) in [6.07, 6.45) is 1.56. The van der Waals surface area contributed by atoms with E-state index in [0.29, 0.717) is 22.8 Å². The van der Waals surface area contributed by atoms with E-state index in [1.165, 1.54) is 5.56 Å². The topological polar surface area (TPSA) is 72.8 Å². The molecule has 4 rings (SSSR count). The summed E-state index contributed by atoms with van der Waals surface area (Å²) in [5.41, 5.74) is 7.51. The largest absolute Gasteiger partial charge is 0.454 e. The normalized spacial score (nSPS) is 12.4. The lowest BCUT2D eigenvalue weighted by Gasteiger charge is -2.07. The zero-order valence-corrected chi connectivity index (χ0v) is 15.6. The summed E-state index contributed by atoms with van der Waals surface area (Å²) < 4.78 is 10.6. The van der Waals surface area contributed by atoms with Crippen LogP contribution in [-0.2, 0) is 0 Å². The Kier molecular flexibility index (Phi) is 4.76. The van der Waals surface area contributed by atoms with Crippen LogP contribution in [0.15, 0.2) is 59.7 Å². The van der Waals surface area contributed by atoms with Crippen LogP contribution in [0.4, 0.5) is 0 Å². The molecule has 0 spiro atoms. The van der Waals surface area contributed by atoms with E-state index >= 15 is 0 Å². The van der Waals surface area contributed by atoms with Gasteiger partial charge in [-0.15, -0.1) is 0 Å². The number of rotatable bonds is 4. The van der Waals surface area contributed by atoms with E-state index in [-0.39, 0.29) is 12.7 Å². The fourth-order valence-corrected chi connectivity index (χ4v) is 2.91. The molecule has 0 saturated carbocycles. The van der Waals surface area contributed by atoms with E-state index in [1.807, 2.05) is 56.3 Å². The Hall–Kier alpha value is -3.67. The molecule has 0 aliphatic carbocycles. The van der Waals surface area contributed by atoms with Crippen LogP contribution in [-0.4, -0.2) is 23.9 Å². The monoisotopic (exact) mass is 373 g/mol. The summed E-state index contributed by atoms with van der Waals surface area (Å²) in [5, 5.41) is 4.03. The molecule has 0 atom stereocenters. The smallest absolute Gasteiger partial charge is 0.273 e. The molecule has 0 bridgehead atoms. The molecule has 2 heterocycles. The van der Waals surface area contributed by atoms with Crippen molar-refractivity contribution in [3.63, 3.8) is 0 Å². The fourth-order valence-electron chi connectivity index (χ4n) is 2.91. The van der Waals surface area contributed by atoms with Crippen molar-refractivity contribution in [3.05, 3.63) is 77.0 Å². The Labute approximate surface area is 162 Å². The predicted octanol–water partition coefficient (Wildman–Crippen LogP) is 3.86. The molecule has 0 fully saturated rings. The van der Waals surface area contributed by atoms with Crippen molar-refractivity contribution < 1.29 is 14.3 Å². The molecule has 3 aromatic rings. The van der Waals surface area contributed by atoms with Crippen LogP contribution < -0.4 is 14.9 Å². The molecule has 1 amide bonds. The molecule has 28 heavy (non-hydrogen) atoms. The van der Waals surface area contributed by atoms with E-state index in [0.717, 1.165) is 16.8 Å². The van der Waals surface area contributed by atoms with Crippen molar-refractivity contribution in [2.24, 2.45) is 5.10 Å². The number of hydrogen-bond acceptors (Lipinski definition) is 5. The van der Waals surface area contributed by atoms with Crippen molar-refractivity contribution in [1.29, 1.82) is 0 Å². The Morgan fingerprint density at radius 3 is 2.61 bits per heavy atom. The number of aromatic nitrogens is 1. The van der Waals surface area contributed by atoms with Gasteiger partial charge in [0.05, 0.1) is 23.2 Å².